The minimum absolute atomic E-state index is 0.160. The van der Waals surface area contributed by atoms with Crippen LogP contribution in [0.5, 0.6) is 5.88 Å². The maximum atomic E-state index is 12.0. The monoisotopic (exact) mass is 296 g/mol. The van der Waals surface area contributed by atoms with E-state index >= 15 is 0 Å². The molecule has 3 aromatic rings. The van der Waals surface area contributed by atoms with E-state index in [0.717, 1.165) is 10.9 Å². The minimum Gasteiger partial charge on any atom is -0.481 e. The quantitative estimate of drug-likeness (QED) is 0.780. The van der Waals surface area contributed by atoms with Gasteiger partial charge < -0.3 is 10.1 Å². The van der Waals surface area contributed by atoms with Crippen molar-refractivity contribution in [2.45, 2.75) is 6.54 Å². The van der Waals surface area contributed by atoms with Gasteiger partial charge in [-0.1, -0.05) is 18.2 Å². The van der Waals surface area contributed by atoms with Gasteiger partial charge in [0.25, 0.3) is 5.91 Å². The van der Waals surface area contributed by atoms with Crippen molar-refractivity contribution in [2.75, 3.05) is 13.7 Å². The van der Waals surface area contributed by atoms with Crippen LogP contribution in [0.25, 0.3) is 10.9 Å². The molecule has 0 atom stereocenters. The van der Waals surface area contributed by atoms with Gasteiger partial charge >= 0.3 is 0 Å². The first kappa shape index (κ1) is 14.1. The molecule has 0 saturated carbocycles. The highest BCUT2D eigenvalue weighted by molar-refractivity contribution is 5.93. The number of hydrogen-bond donors (Lipinski definition) is 1. The maximum absolute atomic E-state index is 12.0. The van der Waals surface area contributed by atoms with Gasteiger partial charge in [-0.2, -0.15) is 5.10 Å². The molecule has 112 valence electrons. The van der Waals surface area contributed by atoms with Gasteiger partial charge in [-0.15, -0.1) is 0 Å². The SMILES string of the molecule is COc1ccc(C(=O)NCCn2cc3ccccc3n2)cn1. The molecule has 1 amide bonds. The largest absolute Gasteiger partial charge is 0.481 e. The molecule has 0 spiro atoms. The van der Waals surface area contributed by atoms with E-state index in [9.17, 15) is 4.79 Å². The Balaban J connectivity index is 1.56. The summed E-state index contributed by atoms with van der Waals surface area (Å²) in [6, 6.07) is 11.3. The summed E-state index contributed by atoms with van der Waals surface area (Å²) < 4.78 is 6.79. The number of methoxy groups -OCH3 is 1. The Labute approximate surface area is 127 Å². The van der Waals surface area contributed by atoms with E-state index in [1.165, 1.54) is 13.3 Å². The molecular formula is C16H16N4O2. The lowest BCUT2D eigenvalue weighted by atomic mass is 10.2. The fraction of sp³-hybridized carbons (Fsp3) is 0.188. The molecule has 1 N–H and O–H groups in total. The molecule has 0 aliphatic rings. The summed E-state index contributed by atoms with van der Waals surface area (Å²) in [6.07, 6.45) is 3.47. The second kappa shape index (κ2) is 6.26. The third-order valence-electron chi connectivity index (χ3n) is 3.30. The van der Waals surface area contributed by atoms with E-state index in [1.807, 2.05) is 35.1 Å². The van der Waals surface area contributed by atoms with Crippen LogP contribution in [0.15, 0.2) is 48.8 Å². The number of hydrogen-bond acceptors (Lipinski definition) is 4. The number of amides is 1. The lowest BCUT2D eigenvalue weighted by Gasteiger charge is -2.05. The molecule has 6 heteroatoms. The van der Waals surface area contributed by atoms with E-state index < -0.39 is 0 Å². The van der Waals surface area contributed by atoms with Crippen LogP contribution >= 0.6 is 0 Å². The van der Waals surface area contributed by atoms with Crippen molar-refractivity contribution in [1.29, 1.82) is 0 Å². The topological polar surface area (TPSA) is 69.0 Å². The number of ether oxygens (including phenoxy) is 1. The summed E-state index contributed by atoms with van der Waals surface area (Å²) in [4.78, 5) is 16.0. The average molecular weight is 296 g/mol. The highest BCUT2D eigenvalue weighted by Crippen LogP contribution is 2.10. The Morgan fingerprint density at radius 1 is 1.27 bits per heavy atom. The molecule has 6 nitrogen and oxygen atoms in total. The summed E-state index contributed by atoms with van der Waals surface area (Å²) in [6.45, 7) is 1.11. The van der Waals surface area contributed by atoms with Crippen LogP contribution in [0, 0.1) is 0 Å². The van der Waals surface area contributed by atoms with E-state index in [4.69, 9.17) is 4.74 Å². The summed E-state index contributed by atoms with van der Waals surface area (Å²) >= 11 is 0. The van der Waals surface area contributed by atoms with Gasteiger partial charge in [0.2, 0.25) is 5.88 Å². The number of carbonyl (C=O) groups is 1. The molecule has 1 aromatic carbocycles. The molecular weight excluding hydrogens is 280 g/mol. The Hall–Kier alpha value is -2.89. The highest BCUT2D eigenvalue weighted by Gasteiger charge is 2.06. The normalized spacial score (nSPS) is 10.6. The van der Waals surface area contributed by atoms with Gasteiger partial charge in [0.1, 0.15) is 0 Å². The van der Waals surface area contributed by atoms with Crippen LogP contribution in [0.2, 0.25) is 0 Å². The zero-order valence-electron chi connectivity index (χ0n) is 12.2. The van der Waals surface area contributed by atoms with Crippen molar-refractivity contribution in [3.63, 3.8) is 0 Å². The van der Waals surface area contributed by atoms with Crippen LogP contribution in [0.1, 0.15) is 10.4 Å². The molecule has 0 aliphatic heterocycles. The number of nitrogens with one attached hydrogen (secondary N) is 1. The van der Waals surface area contributed by atoms with Crippen molar-refractivity contribution in [1.82, 2.24) is 20.1 Å². The Bertz CT molecular complexity index is 747. The van der Waals surface area contributed by atoms with E-state index in [-0.39, 0.29) is 5.91 Å². The smallest absolute Gasteiger partial charge is 0.252 e. The number of rotatable bonds is 5. The van der Waals surface area contributed by atoms with Gasteiger partial charge in [0, 0.05) is 30.4 Å². The number of pyridine rings is 1. The lowest BCUT2D eigenvalue weighted by molar-refractivity contribution is 0.0951. The maximum Gasteiger partial charge on any atom is 0.252 e. The molecule has 0 radical (unpaired) electrons. The summed E-state index contributed by atoms with van der Waals surface area (Å²) in [5.41, 5.74) is 1.46. The summed E-state index contributed by atoms with van der Waals surface area (Å²) in [5, 5.41) is 8.38. The van der Waals surface area contributed by atoms with Crippen molar-refractivity contribution < 1.29 is 9.53 Å². The predicted molar refractivity (Wildman–Crippen MR) is 82.9 cm³/mol. The zero-order valence-corrected chi connectivity index (χ0v) is 12.2. The van der Waals surface area contributed by atoms with Crippen molar-refractivity contribution in [2.24, 2.45) is 0 Å². The first-order chi connectivity index (χ1) is 10.8. The van der Waals surface area contributed by atoms with Crippen molar-refractivity contribution in [3.05, 3.63) is 54.4 Å². The molecule has 0 fully saturated rings. The predicted octanol–water partition coefficient (Wildman–Crippen LogP) is 1.87. The Morgan fingerprint density at radius 2 is 2.14 bits per heavy atom. The van der Waals surface area contributed by atoms with E-state index in [2.05, 4.69) is 15.4 Å². The first-order valence-corrected chi connectivity index (χ1v) is 6.97. The second-order valence-corrected chi connectivity index (χ2v) is 4.80. The third kappa shape index (κ3) is 3.06. The molecule has 0 unspecified atom stereocenters. The number of carbonyl (C=O) groups excluding carboxylic acids is 1. The molecule has 2 heterocycles. The van der Waals surface area contributed by atoms with Crippen LogP contribution in [0.4, 0.5) is 0 Å². The van der Waals surface area contributed by atoms with E-state index in [0.29, 0.717) is 24.5 Å². The van der Waals surface area contributed by atoms with Gasteiger partial charge in [-0.05, 0) is 12.1 Å². The molecule has 0 bridgehead atoms. The molecule has 0 saturated heterocycles. The summed E-state index contributed by atoms with van der Waals surface area (Å²) in [7, 11) is 1.54. The fourth-order valence-corrected chi connectivity index (χ4v) is 2.15. The van der Waals surface area contributed by atoms with Crippen LogP contribution in [-0.4, -0.2) is 34.3 Å². The Morgan fingerprint density at radius 3 is 2.86 bits per heavy atom. The standard InChI is InChI=1S/C16H16N4O2/c1-22-15-7-6-12(10-18-15)16(21)17-8-9-20-11-13-4-2-3-5-14(13)19-20/h2-7,10-11H,8-9H2,1H3,(H,17,21). The number of fused-ring (bicyclic) bond motifs is 1. The first-order valence-electron chi connectivity index (χ1n) is 6.97. The van der Waals surface area contributed by atoms with Gasteiger partial charge in [0.05, 0.1) is 24.7 Å². The fourth-order valence-electron chi connectivity index (χ4n) is 2.15. The zero-order chi connectivity index (χ0) is 15.4. The highest BCUT2D eigenvalue weighted by atomic mass is 16.5. The minimum atomic E-state index is -0.160. The lowest BCUT2D eigenvalue weighted by Crippen LogP contribution is -2.27. The number of benzene rings is 1. The molecule has 22 heavy (non-hydrogen) atoms. The third-order valence-corrected chi connectivity index (χ3v) is 3.30. The summed E-state index contributed by atoms with van der Waals surface area (Å²) in [5.74, 6) is 0.326. The average Bonchev–Trinajstić information content (AvgIpc) is 2.97. The van der Waals surface area contributed by atoms with Crippen LogP contribution < -0.4 is 10.1 Å². The Kier molecular flexibility index (Phi) is 4.00. The van der Waals surface area contributed by atoms with Gasteiger partial charge in [-0.3, -0.25) is 9.48 Å². The molecule has 0 aliphatic carbocycles. The van der Waals surface area contributed by atoms with Crippen molar-refractivity contribution >= 4 is 16.8 Å². The number of aromatic nitrogens is 3. The van der Waals surface area contributed by atoms with Crippen LogP contribution in [-0.2, 0) is 6.54 Å². The second-order valence-electron chi connectivity index (χ2n) is 4.80. The molecule has 2 aromatic heterocycles. The van der Waals surface area contributed by atoms with Crippen molar-refractivity contribution in [3.8, 4) is 5.88 Å². The number of nitrogens with zero attached hydrogens (tertiary/aromatic N) is 3. The van der Waals surface area contributed by atoms with E-state index in [1.54, 1.807) is 12.1 Å². The molecule has 3 rings (SSSR count). The van der Waals surface area contributed by atoms with Gasteiger partial charge in [-0.25, -0.2) is 4.98 Å². The van der Waals surface area contributed by atoms with Crippen LogP contribution in [0.3, 0.4) is 0 Å². The van der Waals surface area contributed by atoms with Gasteiger partial charge in [0.15, 0.2) is 0 Å².